The Kier molecular flexibility index (Phi) is 6.01. The fraction of sp³-hybridized carbons (Fsp3) is 0.0435. The number of thiazole rings is 1. The number of nitrogens with one attached hydrogen (secondary N) is 1. The van der Waals surface area contributed by atoms with Crippen LogP contribution in [0.1, 0.15) is 0 Å². The number of carbonyl (C=O) groups excluding carboxylic acids is 1. The van der Waals surface area contributed by atoms with Gasteiger partial charge in [0.05, 0.1) is 17.7 Å². The Bertz CT molecular complexity index is 1370. The second-order valence-corrected chi connectivity index (χ2v) is 8.64. The summed E-state index contributed by atoms with van der Waals surface area (Å²) in [6.07, 6.45) is 1.58. The quantitative estimate of drug-likeness (QED) is 0.311. The predicted octanol–water partition coefficient (Wildman–Crippen LogP) is 5.52. The summed E-state index contributed by atoms with van der Waals surface area (Å²) in [5, 5.41) is 14.2. The van der Waals surface area contributed by atoms with Gasteiger partial charge in [0.15, 0.2) is 16.0 Å². The number of nitrogens with zero attached hydrogens (tertiary/aromatic N) is 4. The van der Waals surface area contributed by atoms with Gasteiger partial charge in [-0.25, -0.2) is 9.37 Å². The van der Waals surface area contributed by atoms with Crippen LogP contribution in [-0.4, -0.2) is 31.4 Å². The summed E-state index contributed by atoms with van der Waals surface area (Å²) in [4.78, 5) is 17.0. The van der Waals surface area contributed by atoms with Crippen LogP contribution in [0, 0.1) is 5.82 Å². The molecule has 0 radical (unpaired) electrons. The van der Waals surface area contributed by atoms with Crippen LogP contribution in [0.15, 0.2) is 87.9 Å². The normalized spacial score (nSPS) is 10.9. The molecule has 1 amide bonds. The zero-order valence-electron chi connectivity index (χ0n) is 17.0. The molecule has 5 rings (SSSR count). The van der Waals surface area contributed by atoms with Gasteiger partial charge in [-0.3, -0.25) is 9.36 Å². The first-order valence-corrected chi connectivity index (χ1v) is 11.7. The van der Waals surface area contributed by atoms with E-state index in [2.05, 4.69) is 20.5 Å². The Hall–Kier alpha value is -3.76. The SMILES string of the molecule is O=C(CSc1nnc(-c2ccco2)n1-c1ccccc1)Nc1nc(-c2ccc(F)cc2)cs1. The van der Waals surface area contributed by atoms with Crippen molar-refractivity contribution in [3.05, 3.63) is 84.2 Å². The van der Waals surface area contributed by atoms with Gasteiger partial charge in [-0.2, -0.15) is 0 Å². The molecule has 0 aliphatic heterocycles. The molecule has 5 aromatic rings. The van der Waals surface area contributed by atoms with Gasteiger partial charge in [0.2, 0.25) is 11.7 Å². The monoisotopic (exact) mass is 477 g/mol. The minimum atomic E-state index is -0.307. The molecule has 3 heterocycles. The number of amides is 1. The van der Waals surface area contributed by atoms with Crippen molar-refractivity contribution in [2.45, 2.75) is 5.16 Å². The highest BCUT2D eigenvalue weighted by atomic mass is 32.2. The third-order valence-electron chi connectivity index (χ3n) is 4.61. The summed E-state index contributed by atoms with van der Waals surface area (Å²) in [6.45, 7) is 0. The lowest BCUT2D eigenvalue weighted by molar-refractivity contribution is -0.113. The molecule has 0 fully saturated rings. The van der Waals surface area contributed by atoms with Crippen LogP contribution in [0.3, 0.4) is 0 Å². The van der Waals surface area contributed by atoms with Gasteiger partial charge in [-0.1, -0.05) is 30.0 Å². The third-order valence-corrected chi connectivity index (χ3v) is 6.30. The Morgan fingerprint density at radius 2 is 1.88 bits per heavy atom. The molecule has 7 nitrogen and oxygen atoms in total. The third kappa shape index (κ3) is 4.71. The van der Waals surface area contributed by atoms with E-state index in [1.807, 2.05) is 46.3 Å². The maximum Gasteiger partial charge on any atom is 0.236 e. The number of thioether (sulfide) groups is 1. The smallest absolute Gasteiger partial charge is 0.236 e. The molecule has 0 saturated carbocycles. The molecule has 0 bridgehead atoms. The van der Waals surface area contributed by atoms with Crippen molar-refractivity contribution < 1.29 is 13.6 Å². The number of benzene rings is 2. The minimum Gasteiger partial charge on any atom is -0.461 e. The Labute approximate surface area is 196 Å². The highest BCUT2D eigenvalue weighted by Gasteiger charge is 2.19. The van der Waals surface area contributed by atoms with E-state index >= 15 is 0 Å². The number of aromatic nitrogens is 4. The highest BCUT2D eigenvalue weighted by molar-refractivity contribution is 7.99. The number of rotatable bonds is 7. The van der Waals surface area contributed by atoms with Crippen molar-refractivity contribution in [3.63, 3.8) is 0 Å². The van der Waals surface area contributed by atoms with E-state index < -0.39 is 0 Å². The second kappa shape index (κ2) is 9.39. The molecule has 33 heavy (non-hydrogen) atoms. The number of carbonyl (C=O) groups is 1. The first kappa shape index (κ1) is 21.1. The predicted molar refractivity (Wildman–Crippen MR) is 126 cm³/mol. The number of anilines is 1. The highest BCUT2D eigenvalue weighted by Crippen LogP contribution is 2.29. The Morgan fingerprint density at radius 3 is 2.64 bits per heavy atom. The van der Waals surface area contributed by atoms with E-state index in [9.17, 15) is 9.18 Å². The van der Waals surface area contributed by atoms with E-state index in [1.54, 1.807) is 24.5 Å². The number of halogens is 1. The van der Waals surface area contributed by atoms with Crippen molar-refractivity contribution in [1.82, 2.24) is 19.7 Å². The van der Waals surface area contributed by atoms with Gasteiger partial charge < -0.3 is 9.73 Å². The van der Waals surface area contributed by atoms with Crippen molar-refractivity contribution in [2.75, 3.05) is 11.1 Å². The number of para-hydroxylation sites is 1. The second-order valence-electron chi connectivity index (χ2n) is 6.84. The van der Waals surface area contributed by atoms with Crippen molar-refractivity contribution in [2.24, 2.45) is 0 Å². The van der Waals surface area contributed by atoms with Crippen molar-refractivity contribution >= 4 is 34.1 Å². The van der Waals surface area contributed by atoms with Gasteiger partial charge in [0.25, 0.3) is 0 Å². The summed E-state index contributed by atoms with van der Waals surface area (Å²) in [5.41, 5.74) is 2.32. The van der Waals surface area contributed by atoms with Gasteiger partial charge in [-0.15, -0.1) is 21.5 Å². The fourth-order valence-corrected chi connectivity index (χ4v) is 4.60. The first-order chi connectivity index (χ1) is 16.2. The van der Waals surface area contributed by atoms with E-state index in [4.69, 9.17) is 4.42 Å². The molecule has 0 unspecified atom stereocenters. The summed E-state index contributed by atoms with van der Waals surface area (Å²) in [5.74, 6) is 0.728. The standard InChI is InChI=1S/C23H16FN5O2S2/c24-16-10-8-15(9-11-16)18-13-32-22(25-18)26-20(30)14-33-23-28-27-21(19-7-4-12-31-19)29(23)17-5-2-1-3-6-17/h1-13H,14H2,(H,25,26,30). The van der Waals surface area contributed by atoms with E-state index in [0.717, 1.165) is 11.3 Å². The van der Waals surface area contributed by atoms with Crippen LogP contribution in [0.25, 0.3) is 28.5 Å². The van der Waals surface area contributed by atoms with Gasteiger partial charge in [0.1, 0.15) is 5.82 Å². The average Bonchev–Trinajstić information content (AvgIpc) is 3.59. The lowest BCUT2D eigenvalue weighted by Gasteiger charge is -2.08. The van der Waals surface area contributed by atoms with E-state index in [1.165, 1.54) is 35.2 Å². The molecule has 3 aromatic heterocycles. The summed E-state index contributed by atoms with van der Waals surface area (Å²) in [6, 6.07) is 19.3. The van der Waals surface area contributed by atoms with Crippen LogP contribution < -0.4 is 5.32 Å². The topological polar surface area (TPSA) is 85.8 Å². The van der Waals surface area contributed by atoms with E-state index in [-0.39, 0.29) is 17.5 Å². The molecule has 0 saturated heterocycles. The van der Waals surface area contributed by atoms with Crippen LogP contribution in [0.2, 0.25) is 0 Å². The largest absolute Gasteiger partial charge is 0.461 e. The average molecular weight is 478 g/mol. The number of hydrogen-bond donors (Lipinski definition) is 1. The molecule has 1 N–H and O–H groups in total. The van der Waals surface area contributed by atoms with Crippen LogP contribution in [0.4, 0.5) is 9.52 Å². The number of furan rings is 1. The number of hydrogen-bond acceptors (Lipinski definition) is 7. The summed E-state index contributed by atoms with van der Waals surface area (Å²) >= 11 is 2.57. The van der Waals surface area contributed by atoms with Crippen LogP contribution in [-0.2, 0) is 4.79 Å². The summed E-state index contributed by atoms with van der Waals surface area (Å²) in [7, 11) is 0. The molecule has 164 valence electrons. The molecule has 2 aromatic carbocycles. The molecule has 0 aliphatic rings. The van der Waals surface area contributed by atoms with Crippen LogP contribution in [0.5, 0.6) is 0 Å². The van der Waals surface area contributed by atoms with Crippen LogP contribution >= 0.6 is 23.1 Å². The molecule has 0 spiro atoms. The maximum absolute atomic E-state index is 13.1. The fourth-order valence-electron chi connectivity index (χ4n) is 3.11. The molecular formula is C23H16FN5O2S2. The molecular weight excluding hydrogens is 461 g/mol. The maximum atomic E-state index is 13.1. The molecule has 0 aliphatic carbocycles. The zero-order valence-corrected chi connectivity index (χ0v) is 18.6. The lowest BCUT2D eigenvalue weighted by Crippen LogP contribution is -2.14. The molecule has 0 atom stereocenters. The van der Waals surface area contributed by atoms with Crippen molar-refractivity contribution in [1.29, 1.82) is 0 Å². The van der Waals surface area contributed by atoms with Gasteiger partial charge >= 0.3 is 0 Å². The molecule has 10 heteroatoms. The minimum absolute atomic E-state index is 0.120. The lowest BCUT2D eigenvalue weighted by atomic mass is 10.2. The Balaban J connectivity index is 1.30. The van der Waals surface area contributed by atoms with Crippen molar-refractivity contribution in [3.8, 4) is 28.5 Å². The van der Waals surface area contributed by atoms with Gasteiger partial charge in [0, 0.05) is 16.6 Å². The van der Waals surface area contributed by atoms with E-state index in [0.29, 0.717) is 27.6 Å². The van der Waals surface area contributed by atoms with Gasteiger partial charge in [-0.05, 0) is 48.5 Å². The zero-order chi connectivity index (χ0) is 22.6. The Morgan fingerprint density at radius 1 is 1.06 bits per heavy atom. The summed E-state index contributed by atoms with van der Waals surface area (Å²) < 4.78 is 20.5. The first-order valence-electron chi connectivity index (χ1n) is 9.86.